The van der Waals surface area contributed by atoms with Gasteiger partial charge in [0.2, 0.25) is 0 Å². The number of halogens is 2. The summed E-state index contributed by atoms with van der Waals surface area (Å²) in [5.41, 5.74) is 7.90. The lowest BCUT2D eigenvalue weighted by Gasteiger charge is -2.01. The number of aromatic nitrogens is 2. The van der Waals surface area contributed by atoms with Crippen LogP contribution in [0.2, 0.25) is 5.02 Å². The first kappa shape index (κ1) is 14.1. The van der Waals surface area contributed by atoms with Gasteiger partial charge in [-0.05, 0) is 30.7 Å². The quantitative estimate of drug-likeness (QED) is 0.769. The second-order valence-electron chi connectivity index (χ2n) is 4.60. The molecular formula is C15H13ClFN3S. The predicted molar refractivity (Wildman–Crippen MR) is 85.6 cm³/mol. The van der Waals surface area contributed by atoms with Gasteiger partial charge in [-0.2, -0.15) is 5.10 Å². The fourth-order valence-electron chi connectivity index (χ4n) is 2.03. The number of rotatable bonds is 3. The fraction of sp³-hybridized carbons (Fsp3) is 0.133. The minimum absolute atomic E-state index is 0.0879. The summed E-state index contributed by atoms with van der Waals surface area (Å²) >= 11 is 7.35. The van der Waals surface area contributed by atoms with E-state index >= 15 is 0 Å². The van der Waals surface area contributed by atoms with Crippen LogP contribution in [0.25, 0.3) is 16.3 Å². The van der Waals surface area contributed by atoms with Crippen LogP contribution >= 0.6 is 22.9 Å². The van der Waals surface area contributed by atoms with Crippen LogP contribution in [-0.4, -0.2) is 9.78 Å². The highest BCUT2D eigenvalue weighted by Crippen LogP contribution is 2.32. The summed E-state index contributed by atoms with van der Waals surface area (Å²) in [6.07, 6.45) is 2.66. The first-order valence-electron chi connectivity index (χ1n) is 6.48. The summed E-state index contributed by atoms with van der Waals surface area (Å²) in [5, 5.41) is 4.55. The highest BCUT2D eigenvalue weighted by Gasteiger charge is 2.12. The van der Waals surface area contributed by atoms with Gasteiger partial charge >= 0.3 is 0 Å². The highest BCUT2D eigenvalue weighted by atomic mass is 35.5. The maximum atomic E-state index is 13.5. The number of benzene rings is 1. The standard InChI is InChI=1S/C15H13ClFN3S/c1-2-10-4-6-14(21-10)15-13(18)8-20(19-15)9-3-5-11(16)12(17)7-9/h3-8H,2,18H2,1H3. The van der Waals surface area contributed by atoms with Gasteiger partial charge < -0.3 is 5.73 Å². The molecule has 6 heteroatoms. The number of aryl methyl sites for hydroxylation is 1. The number of nitrogens with two attached hydrogens (primary N) is 1. The van der Waals surface area contributed by atoms with Crippen molar-refractivity contribution in [2.75, 3.05) is 5.73 Å². The third-order valence-corrected chi connectivity index (χ3v) is 4.70. The molecule has 0 saturated carbocycles. The summed E-state index contributed by atoms with van der Waals surface area (Å²) < 4.78 is 15.1. The van der Waals surface area contributed by atoms with Gasteiger partial charge in [0.15, 0.2) is 0 Å². The van der Waals surface area contributed by atoms with E-state index < -0.39 is 5.82 Å². The Bertz CT molecular complexity index is 794. The van der Waals surface area contributed by atoms with Crippen molar-refractivity contribution >= 4 is 28.6 Å². The van der Waals surface area contributed by atoms with E-state index in [1.807, 2.05) is 6.07 Å². The molecular weight excluding hydrogens is 309 g/mol. The zero-order valence-corrected chi connectivity index (χ0v) is 12.9. The van der Waals surface area contributed by atoms with Gasteiger partial charge in [0, 0.05) is 10.9 Å². The van der Waals surface area contributed by atoms with Crippen molar-refractivity contribution in [3.05, 3.63) is 52.2 Å². The Hall–Kier alpha value is -1.85. The first-order chi connectivity index (χ1) is 10.1. The van der Waals surface area contributed by atoms with Gasteiger partial charge in [-0.1, -0.05) is 18.5 Å². The number of hydrogen-bond acceptors (Lipinski definition) is 3. The molecule has 2 N–H and O–H groups in total. The van der Waals surface area contributed by atoms with E-state index in [1.165, 1.54) is 17.0 Å². The molecule has 2 heterocycles. The van der Waals surface area contributed by atoms with Gasteiger partial charge in [0.25, 0.3) is 0 Å². The van der Waals surface area contributed by atoms with E-state index in [9.17, 15) is 4.39 Å². The fourth-order valence-corrected chi connectivity index (χ4v) is 3.11. The van der Waals surface area contributed by atoms with Crippen molar-refractivity contribution in [3.63, 3.8) is 0 Å². The van der Waals surface area contributed by atoms with Crippen molar-refractivity contribution in [2.24, 2.45) is 0 Å². The van der Waals surface area contributed by atoms with Gasteiger partial charge in [0.1, 0.15) is 11.5 Å². The topological polar surface area (TPSA) is 43.8 Å². The second kappa shape index (κ2) is 5.50. The molecule has 21 heavy (non-hydrogen) atoms. The molecule has 108 valence electrons. The minimum Gasteiger partial charge on any atom is -0.396 e. The van der Waals surface area contributed by atoms with E-state index in [-0.39, 0.29) is 5.02 Å². The minimum atomic E-state index is -0.478. The molecule has 3 rings (SSSR count). The molecule has 0 aliphatic heterocycles. The van der Waals surface area contributed by atoms with Gasteiger partial charge in [0.05, 0.1) is 27.5 Å². The second-order valence-corrected chi connectivity index (χ2v) is 6.17. The summed E-state index contributed by atoms with van der Waals surface area (Å²) in [7, 11) is 0. The SMILES string of the molecule is CCc1ccc(-c2nn(-c3ccc(Cl)c(F)c3)cc2N)s1. The Kier molecular flexibility index (Phi) is 3.69. The Morgan fingerprint density at radius 2 is 2.14 bits per heavy atom. The van der Waals surface area contributed by atoms with Crippen LogP contribution < -0.4 is 5.73 Å². The van der Waals surface area contributed by atoms with Gasteiger partial charge in [-0.25, -0.2) is 9.07 Å². The highest BCUT2D eigenvalue weighted by molar-refractivity contribution is 7.15. The van der Waals surface area contributed by atoms with Crippen LogP contribution in [0.4, 0.5) is 10.1 Å². The Balaban J connectivity index is 2.02. The van der Waals surface area contributed by atoms with Crippen LogP contribution in [0.15, 0.2) is 36.5 Å². The summed E-state index contributed by atoms with van der Waals surface area (Å²) in [5.74, 6) is -0.478. The Morgan fingerprint density at radius 3 is 2.81 bits per heavy atom. The lowest BCUT2D eigenvalue weighted by atomic mass is 10.3. The predicted octanol–water partition coefficient (Wildman–Crippen LogP) is 4.54. The molecule has 0 fully saturated rings. The average Bonchev–Trinajstić information content (AvgIpc) is 3.08. The van der Waals surface area contributed by atoms with Crippen molar-refractivity contribution in [2.45, 2.75) is 13.3 Å². The lowest BCUT2D eigenvalue weighted by Crippen LogP contribution is -1.95. The molecule has 0 amide bonds. The van der Waals surface area contributed by atoms with Crippen molar-refractivity contribution in [1.29, 1.82) is 0 Å². The van der Waals surface area contributed by atoms with Gasteiger partial charge in [-0.15, -0.1) is 11.3 Å². The molecule has 0 radical (unpaired) electrons. The van der Waals surface area contributed by atoms with Crippen molar-refractivity contribution < 1.29 is 4.39 Å². The molecule has 0 spiro atoms. The molecule has 0 unspecified atom stereocenters. The third kappa shape index (κ3) is 2.66. The van der Waals surface area contributed by atoms with Crippen LogP contribution in [0, 0.1) is 5.82 Å². The normalized spacial score (nSPS) is 11.0. The largest absolute Gasteiger partial charge is 0.396 e. The maximum absolute atomic E-state index is 13.5. The lowest BCUT2D eigenvalue weighted by molar-refractivity contribution is 0.626. The number of anilines is 1. The van der Waals surface area contributed by atoms with Crippen molar-refractivity contribution in [3.8, 4) is 16.3 Å². The number of thiophene rings is 1. The molecule has 0 bridgehead atoms. The third-order valence-electron chi connectivity index (χ3n) is 3.15. The van der Waals surface area contributed by atoms with E-state index in [1.54, 1.807) is 28.3 Å². The summed E-state index contributed by atoms with van der Waals surface area (Å²) in [6.45, 7) is 2.11. The summed E-state index contributed by atoms with van der Waals surface area (Å²) in [4.78, 5) is 2.29. The van der Waals surface area contributed by atoms with Crippen LogP contribution in [-0.2, 0) is 6.42 Å². The Morgan fingerprint density at radius 1 is 1.33 bits per heavy atom. The number of nitrogen functional groups attached to an aromatic ring is 1. The molecule has 0 atom stereocenters. The zero-order valence-electron chi connectivity index (χ0n) is 11.3. The van der Waals surface area contributed by atoms with E-state index in [2.05, 4.69) is 18.1 Å². The molecule has 0 saturated heterocycles. The number of nitrogens with zero attached hydrogens (tertiary/aromatic N) is 2. The molecule has 2 aromatic heterocycles. The molecule has 0 aliphatic rings. The molecule has 3 nitrogen and oxygen atoms in total. The zero-order chi connectivity index (χ0) is 15.0. The maximum Gasteiger partial charge on any atom is 0.143 e. The number of hydrogen-bond donors (Lipinski definition) is 1. The van der Waals surface area contributed by atoms with Gasteiger partial charge in [-0.3, -0.25) is 0 Å². The van der Waals surface area contributed by atoms with Crippen LogP contribution in [0.5, 0.6) is 0 Å². The van der Waals surface area contributed by atoms with Crippen molar-refractivity contribution in [1.82, 2.24) is 9.78 Å². The Labute approximate surface area is 130 Å². The first-order valence-corrected chi connectivity index (χ1v) is 7.67. The molecule has 0 aliphatic carbocycles. The monoisotopic (exact) mass is 321 g/mol. The smallest absolute Gasteiger partial charge is 0.143 e. The average molecular weight is 322 g/mol. The van der Waals surface area contributed by atoms with Crippen LogP contribution in [0.1, 0.15) is 11.8 Å². The van der Waals surface area contributed by atoms with Crippen LogP contribution in [0.3, 0.4) is 0 Å². The molecule has 3 aromatic rings. The molecule has 1 aromatic carbocycles. The summed E-state index contributed by atoms with van der Waals surface area (Å²) in [6, 6.07) is 8.62. The van der Waals surface area contributed by atoms with E-state index in [0.717, 1.165) is 17.0 Å². The van der Waals surface area contributed by atoms with E-state index in [0.29, 0.717) is 11.4 Å². The van der Waals surface area contributed by atoms with E-state index in [4.69, 9.17) is 17.3 Å².